The fraction of sp³-hybridized carbons (Fsp3) is 0.318. The summed E-state index contributed by atoms with van der Waals surface area (Å²) >= 11 is 0. The monoisotopic (exact) mass is 458 g/mol. The van der Waals surface area contributed by atoms with Crippen molar-refractivity contribution in [3.05, 3.63) is 54.1 Å². The van der Waals surface area contributed by atoms with Gasteiger partial charge in [-0.15, -0.1) is 0 Å². The fourth-order valence-corrected chi connectivity index (χ4v) is 4.31. The minimum atomic E-state index is -3.59. The zero-order valence-corrected chi connectivity index (χ0v) is 19.0. The van der Waals surface area contributed by atoms with Crippen LogP contribution in [0, 0.1) is 0 Å². The molecule has 3 rings (SSSR count). The van der Waals surface area contributed by atoms with Gasteiger partial charge in [-0.05, 0) is 49.7 Å². The van der Waals surface area contributed by atoms with E-state index in [0.29, 0.717) is 17.7 Å². The zero-order valence-electron chi connectivity index (χ0n) is 18.2. The van der Waals surface area contributed by atoms with Crippen LogP contribution >= 0.6 is 0 Å². The molecule has 0 bridgehead atoms. The predicted molar refractivity (Wildman–Crippen MR) is 122 cm³/mol. The number of ether oxygens (including phenoxy) is 1. The molecule has 1 amide bonds. The summed E-state index contributed by atoms with van der Waals surface area (Å²) in [5, 5.41) is 2.71. The van der Waals surface area contributed by atoms with Crippen molar-refractivity contribution in [2.45, 2.75) is 30.8 Å². The molecule has 0 saturated carbocycles. The maximum Gasteiger partial charge on any atom is 0.306 e. The summed E-state index contributed by atoms with van der Waals surface area (Å²) in [5.74, 6) is -0.682. The van der Waals surface area contributed by atoms with E-state index in [1.807, 2.05) is 31.1 Å². The van der Waals surface area contributed by atoms with E-state index in [1.165, 1.54) is 13.0 Å². The average molecular weight is 459 g/mol. The average Bonchev–Trinajstić information content (AvgIpc) is 3.02. The van der Waals surface area contributed by atoms with E-state index in [0.717, 1.165) is 5.69 Å². The molecule has 0 radical (unpaired) electrons. The van der Waals surface area contributed by atoms with Crippen LogP contribution in [0.4, 0.5) is 11.4 Å². The van der Waals surface area contributed by atoms with Gasteiger partial charge in [-0.25, -0.2) is 8.42 Å². The van der Waals surface area contributed by atoms with Crippen LogP contribution in [0.15, 0.2) is 58.4 Å². The van der Waals surface area contributed by atoms with E-state index >= 15 is 0 Å². The third kappa shape index (κ3) is 5.64. The Bertz CT molecular complexity index is 1130. The normalized spacial score (nSPS) is 16.0. The molecule has 1 unspecified atom stereocenters. The number of esters is 1. The second-order valence-corrected chi connectivity index (χ2v) is 9.15. The first-order valence-electron chi connectivity index (χ1n) is 10.1. The highest BCUT2D eigenvalue weighted by Gasteiger charge is 2.29. The minimum absolute atomic E-state index is 0.0559. The lowest BCUT2D eigenvalue weighted by Gasteiger charge is -2.15. The first-order valence-corrected chi connectivity index (χ1v) is 11.6. The molecule has 1 atom stereocenters. The highest BCUT2D eigenvalue weighted by atomic mass is 32.2. The third-order valence-corrected chi connectivity index (χ3v) is 6.20. The molecule has 1 aliphatic heterocycles. The molecule has 10 heteroatoms. The zero-order chi connectivity index (χ0) is 23.3. The van der Waals surface area contributed by atoms with E-state index < -0.39 is 28.0 Å². The minimum Gasteiger partial charge on any atom is -0.453 e. The van der Waals surface area contributed by atoms with Crippen LogP contribution in [0.1, 0.15) is 25.3 Å². The number of carbonyl (C=O) groups is 2. The Morgan fingerprint density at radius 2 is 1.81 bits per heavy atom. The summed E-state index contributed by atoms with van der Waals surface area (Å²) in [4.78, 5) is 30.7. The molecule has 2 aromatic carbocycles. The number of hydrogen-bond donors (Lipinski definition) is 2. The topological polar surface area (TPSA) is 117 Å². The van der Waals surface area contributed by atoms with Crippen molar-refractivity contribution in [3.8, 4) is 0 Å². The van der Waals surface area contributed by atoms with E-state index in [9.17, 15) is 18.0 Å². The number of aliphatic imine (C=N–C) groups is 1. The molecule has 0 aliphatic carbocycles. The van der Waals surface area contributed by atoms with E-state index in [4.69, 9.17) is 4.74 Å². The number of anilines is 2. The molecule has 32 heavy (non-hydrogen) atoms. The molecule has 1 heterocycles. The number of carbonyl (C=O) groups excluding carboxylic acids is 2. The number of nitrogens with zero attached hydrogens (tertiary/aromatic N) is 2. The van der Waals surface area contributed by atoms with Gasteiger partial charge in [0.25, 0.3) is 15.9 Å². The molecule has 9 nitrogen and oxygen atoms in total. The second kappa shape index (κ2) is 9.82. The van der Waals surface area contributed by atoms with Gasteiger partial charge in [-0.3, -0.25) is 19.3 Å². The van der Waals surface area contributed by atoms with Crippen LogP contribution in [-0.2, 0) is 24.3 Å². The summed E-state index contributed by atoms with van der Waals surface area (Å²) in [6, 6.07) is 13.9. The molecule has 0 spiro atoms. The second-order valence-electron chi connectivity index (χ2n) is 7.50. The number of amides is 1. The molecule has 0 fully saturated rings. The van der Waals surface area contributed by atoms with Crippen LogP contribution in [-0.4, -0.2) is 52.9 Å². The number of benzene rings is 2. The lowest BCUT2D eigenvalue weighted by Crippen LogP contribution is -2.30. The Balaban J connectivity index is 1.45. The van der Waals surface area contributed by atoms with Crippen LogP contribution in [0.25, 0.3) is 0 Å². The van der Waals surface area contributed by atoms with Crippen LogP contribution < -0.4 is 14.9 Å². The van der Waals surface area contributed by atoms with Gasteiger partial charge in [0, 0.05) is 44.0 Å². The summed E-state index contributed by atoms with van der Waals surface area (Å²) in [7, 11) is 0.260. The Labute approximate surface area is 187 Å². The number of fused-ring (bicyclic) bond motifs is 1. The molecular formula is C22H26N4O5S. The van der Waals surface area contributed by atoms with E-state index in [1.54, 1.807) is 30.3 Å². The maximum absolute atomic E-state index is 12.3. The summed E-state index contributed by atoms with van der Waals surface area (Å²) < 4.78 is 31.7. The Hall–Kier alpha value is -3.40. The third-order valence-electron chi connectivity index (χ3n) is 4.80. The van der Waals surface area contributed by atoms with Crippen molar-refractivity contribution < 1.29 is 22.7 Å². The summed E-state index contributed by atoms with van der Waals surface area (Å²) in [6.07, 6.45) is -0.539. The quantitative estimate of drug-likeness (QED) is 0.462. The molecule has 1 aliphatic rings. The molecule has 0 aromatic heterocycles. The van der Waals surface area contributed by atoms with E-state index in [2.05, 4.69) is 15.0 Å². The lowest BCUT2D eigenvalue weighted by atomic mass is 10.2. The first-order chi connectivity index (χ1) is 15.2. The van der Waals surface area contributed by atoms with Gasteiger partial charge in [0.15, 0.2) is 6.10 Å². The Kier molecular flexibility index (Phi) is 7.14. The van der Waals surface area contributed by atoms with Crippen LogP contribution in [0.5, 0.6) is 0 Å². The van der Waals surface area contributed by atoms with Gasteiger partial charge in [0.05, 0.1) is 4.90 Å². The lowest BCUT2D eigenvalue weighted by molar-refractivity contribution is -0.153. The van der Waals surface area contributed by atoms with Crippen molar-refractivity contribution >= 4 is 39.1 Å². The smallest absolute Gasteiger partial charge is 0.306 e. The van der Waals surface area contributed by atoms with Crippen molar-refractivity contribution in [2.75, 3.05) is 30.9 Å². The van der Waals surface area contributed by atoms with Crippen LogP contribution in [0.2, 0.25) is 0 Å². The van der Waals surface area contributed by atoms with Gasteiger partial charge in [-0.1, -0.05) is 12.1 Å². The number of sulfonamides is 1. The largest absolute Gasteiger partial charge is 0.453 e. The number of amidine groups is 1. The molecule has 170 valence electrons. The van der Waals surface area contributed by atoms with Gasteiger partial charge >= 0.3 is 5.97 Å². The molecule has 2 N–H and O–H groups in total. The fourth-order valence-electron chi connectivity index (χ4n) is 3.06. The van der Waals surface area contributed by atoms with E-state index in [-0.39, 0.29) is 23.7 Å². The van der Waals surface area contributed by atoms with Gasteiger partial charge in [0.1, 0.15) is 5.84 Å². The van der Waals surface area contributed by atoms with Gasteiger partial charge < -0.3 is 15.0 Å². The molecule has 0 saturated heterocycles. The first kappa shape index (κ1) is 23.3. The van der Waals surface area contributed by atoms with Crippen LogP contribution in [0.3, 0.4) is 0 Å². The predicted octanol–water partition coefficient (Wildman–Crippen LogP) is 2.14. The van der Waals surface area contributed by atoms with Gasteiger partial charge in [-0.2, -0.15) is 0 Å². The Morgan fingerprint density at radius 3 is 2.50 bits per heavy atom. The van der Waals surface area contributed by atoms with Crippen molar-refractivity contribution in [2.24, 2.45) is 4.99 Å². The number of rotatable bonds is 8. The number of nitrogens with one attached hydrogen (secondary N) is 2. The molecular weight excluding hydrogens is 432 g/mol. The Morgan fingerprint density at radius 1 is 1.12 bits per heavy atom. The highest BCUT2D eigenvalue weighted by molar-refractivity contribution is 7.90. The highest BCUT2D eigenvalue weighted by Crippen LogP contribution is 2.22. The van der Waals surface area contributed by atoms with Crippen molar-refractivity contribution in [1.29, 1.82) is 0 Å². The van der Waals surface area contributed by atoms with Crippen molar-refractivity contribution in [3.63, 3.8) is 0 Å². The molecule has 2 aromatic rings. The van der Waals surface area contributed by atoms with Crippen molar-refractivity contribution in [1.82, 2.24) is 4.72 Å². The summed E-state index contributed by atoms with van der Waals surface area (Å²) in [6.45, 7) is 1.74. The summed E-state index contributed by atoms with van der Waals surface area (Å²) in [5.41, 5.74) is 2.12. The van der Waals surface area contributed by atoms with Gasteiger partial charge in [0.2, 0.25) is 0 Å². The standard InChI is InChI=1S/C22H26N4O5S/c1-15(22(28)24-16-10-12-17(13-11-16)26(2)3)31-20(27)9-6-14-23-21-18-7-4-5-8-19(18)32(29,30)25-21/h4-5,7-8,10-13,15H,6,9,14H2,1-3H3,(H,23,25)(H,24,28). The maximum atomic E-state index is 12.3. The number of hydrogen-bond acceptors (Lipinski definition) is 7. The SMILES string of the molecule is CC(OC(=O)CCCN=C1NS(=O)(=O)c2ccccc21)C(=O)Nc1ccc(N(C)C)cc1.